The van der Waals surface area contributed by atoms with Gasteiger partial charge in [-0.2, -0.15) is 5.10 Å². The van der Waals surface area contributed by atoms with Crippen molar-refractivity contribution in [2.45, 2.75) is 12.8 Å². The normalized spacial score (nSPS) is 16.6. The fraction of sp³-hybridized carbons (Fsp3) is 0.167. The molecule has 1 aliphatic heterocycles. The Bertz CT molecular complexity index is 1010. The van der Waals surface area contributed by atoms with Gasteiger partial charge in [0.2, 0.25) is 6.35 Å². The number of fused-ring (bicyclic) bond motifs is 1. The van der Waals surface area contributed by atoms with Crippen LogP contribution in [0.1, 0.15) is 11.3 Å². The molecule has 3 aromatic rings. The maximum Gasteiger partial charge on any atom is 0.258 e. The number of aromatic nitrogens is 3. The Morgan fingerprint density at radius 1 is 1.30 bits per heavy atom. The van der Waals surface area contributed by atoms with Crippen LogP contribution >= 0.6 is 11.6 Å². The second-order valence-corrected chi connectivity index (χ2v) is 6.48. The summed E-state index contributed by atoms with van der Waals surface area (Å²) in [7, 11) is 0. The molecule has 0 fully saturated rings. The number of amides is 1. The highest BCUT2D eigenvalue weighted by Gasteiger charge is 2.22. The van der Waals surface area contributed by atoms with Gasteiger partial charge >= 0.3 is 0 Å². The van der Waals surface area contributed by atoms with Gasteiger partial charge in [0.25, 0.3) is 5.91 Å². The minimum absolute atomic E-state index is 0.330. The quantitative estimate of drug-likeness (QED) is 0.530. The molecule has 2 aromatic heterocycles. The molecule has 1 aromatic carbocycles. The number of aliphatic hydroxyl groups excluding tert-OH is 1. The van der Waals surface area contributed by atoms with Crippen molar-refractivity contribution in [3.8, 4) is 0 Å². The molecule has 1 unspecified atom stereocenters. The number of benzene rings is 1. The molecule has 0 aliphatic carbocycles. The van der Waals surface area contributed by atoms with E-state index in [4.69, 9.17) is 11.6 Å². The van der Waals surface area contributed by atoms with Crippen molar-refractivity contribution in [2.24, 2.45) is 0 Å². The topological polar surface area (TPSA) is 104 Å². The van der Waals surface area contributed by atoms with E-state index in [1.54, 1.807) is 23.0 Å². The Morgan fingerprint density at radius 3 is 2.89 bits per heavy atom. The number of carbonyl (C=O) groups is 1. The average molecular weight is 385 g/mol. The van der Waals surface area contributed by atoms with Crippen molar-refractivity contribution in [1.82, 2.24) is 25.2 Å². The number of halogens is 1. The minimum atomic E-state index is -1.10. The molecule has 4 rings (SSSR count). The lowest BCUT2D eigenvalue weighted by Crippen LogP contribution is -2.47. The van der Waals surface area contributed by atoms with Gasteiger partial charge in [-0.05, 0) is 30.2 Å². The maximum absolute atomic E-state index is 12.1. The smallest absolute Gasteiger partial charge is 0.258 e. The van der Waals surface area contributed by atoms with Gasteiger partial charge in [-0.3, -0.25) is 4.79 Å². The monoisotopic (exact) mass is 384 g/mol. The average Bonchev–Trinajstić information content (AvgIpc) is 3.12. The molecule has 138 valence electrons. The summed E-state index contributed by atoms with van der Waals surface area (Å²) in [4.78, 5) is 16.5. The lowest BCUT2D eigenvalue weighted by atomic mass is 10.1. The highest BCUT2D eigenvalue weighted by atomic mass is 35.5. The molecule has 0 saturated carbocycles. The zero-order valence-corrected chi connectivity index (χ0v) is 14.9. The van der Waals surface area contributed by atoms with Crippen molar-refractivity contribution >= 4 is 34.4 Å². The van der Waals surface area contributed by atoms with Crippen molar-refractivity contribution < 1.29 is 9.90 Å². The summed E-state index contributed by atoms with van der Waals surface area (Å²) in [6.45, 7) is 0.676. The highest BCUT2D eigenvalue weighted by Crippen LogP contribution is 2.21. The van der Waals surface area contributed by atoms with Crippen LogP contribution in [0.25, 0.3) is 11.2 Å². The molecule has 3 heterocycles. The number of carbonyl (C=O) groups excluding carboxylic acids is 1. The number of hydrogen-bond donors (Lipinski definition) is 4. The van der Waals surface area contributed by atoms with E-state index < -0.39 is 12.3 Å². The molecule has 27 heavy (non-hydrogen) atoms. The second-order valence-electron chi connectivity index (χ2n) is 6.04. The summed E-state index contributed by atoms with van der Waals surface area (Å²) >= 11 is 5.91. The van der Waals surface area contributed by atoms with Gasteiger partial charge in [-0.1, -0.05) is 23.7 Å². The molecule has 1 aliphatic rings. The van der Waals surface area contributed by atoms with Crippen molar-refractivity contribution in [3.05, 3.63) is 65.2 Å². The molecule has 8 nitrogen and oxygen atoms in total. The standard InChI is InChI=1S/C18H17ClN6O2/c19-12-3-1-11(2-4-12)5-6-20-15-9-14(24-25-8-7-21-16(15)25)13-10-22-18(27)23-17(13)26/h1-4,7-10,18,20,22,27H,5-6H2,(H,23,26). The van der Waals surface area contributed by atoms with Crippen LogP contribution in [0.3, 0.4) is 0 Å². The third-order valence-corrected chi connectivity index (χ3v) is 4.43. The molecular weight excluding hydrogens is 368 g/mol. The Balaban J connectivity index is 1.57. The fourth-order valence-electron chi connectivity index (χ4n) is 2.83. The number of imidazole rings is 1. The predicted octanol–water partition coefficient (Wildman–Crippen LogP) is 1.37. The van der Waals surface area contributed by atoms with Crippen LogP contribution in [0, 0.1) is 0 Å². The Kier molecular flexibility index (Phi) is 4.66. The van der Waals surface area contributed by atoms with E-state index in [-0.39, 0.29) is 0 Å². The summed E-state index contributed by atoms with van der Waals surface area (Å²) in [6.07, 6.45) is 4.51. The molecular formula is C18H17ClN6O2. The molecule has 0 spiro atoms. The van der Waals surface area contributed by atoms with Crippen LogP contribution in [0.15, 0.2) is 48.9 Å². The van der Waals surface area contributed by atoms with Crippen LogP contribution in [0.5, 0.6) is 0 Å². The number of nitrogens with one attached hydrogen (secondary N) is 3. The summed E-state index contributed by atoms with van der Waals surface area (Å²) in [5, 5.41) is 23.0. The molecule has 9 heteroatoms. The third kappa shape index (κ3) is 3.71. The molecule has 1 amide bonds. The molecule has 0 radical (unpaired) electrons. The van der Waals surface area contributed by atoms with Crippen molar-refractivity contribution in [2.75, 3.05) is 11.9 Å². The Morgan fingerprint density at radius 2 is 2.11 bits per heavy atom. The summed E-state index contributed by atoms with van der Waals surface area (Å²) in [6, 6.07) is 9.48. The van der Waals surface area contributed by atoms with Crippen molar-refractivity contribution in [1.29, 1.82) is 0 Å². The van der Waals surface area contributed by atoms with E-state index in [2.05, 4.69) is 26.0 Å². The van der Waals surface area contributed by atoms with Gasteiger partial charge in [-0.15, -0.1) is 0 Å². The Labute approximate surface area is 159 Å². The predicted molar refractivity (Wildman–Crippen MR) is 102 cm³/mol. The zero-order chi connectivity index (χ0) is 18.8. The molecule has 0 bridgehead atoms. The highest BCUT2D eigenvalue weighted by molar-refractivity contribution is 6.30. The first-order valence-corrected chi connectivity index (χ1v) is 8.76. The number of aliphatic hydroxyl groups is 1. The first-order chi connectivity index (χ1) is 13.1. The van der Waals surface area contributed by atoms with Gasteiger partial charge in [0.15, 0.2) is 5.65 Å². The van der Waals surface area contributed by atoms with E-state index in [1.165, 1.54) is 6.20 Å². The summed E-state index contributed by atoms with van der Waals surface area (Å²) in [5.41, 5.74) is 3.38. The van der Waals surface area contributed by atoms with Crippen LogP contribution in [-0.4, -0.2) is 38.5 Å². The first kappa shape index (κ1) is 17.3. The third-order valence-electron chi connectivity index (χ3n) is 4.18. The lowest BCUT2D eigenvalue weighted by Gasteiger charge is -2.20. The van der Waals surface area contributed by atoms with Gasteiger partial charge in [0.05, 0.1) is 11.3 Å². The van der Waals surface area contributed by atoms with E-state index in [9.17, 15) is 9.90 Å². The first-order valence-electron chi connectivity index (χ1n) is 8.38. The van der Waals surface area contributed by atoms with E-state index >= 15 is 0 Å². The van der Waals surface area contributed by atoms with Gasteiger partial charge < -0.3 is 21.1 Å². The SMILES string of the molecule is O=C1NC(O)NC=C1c1cc(NCCc2ccc(Cl)cc2)c2nccn2n1. The number of nitrogens with zero attached hydrogens (tertiary/aromatic N) is 3. The van der Waals surface area contributed by atoms with Crippen LogP contribution in [-0.2, 0) is 11.2 Å². The second kappa shape index (κ2) is 7.26. The van der Waals surface area contributed by atoms with E-state index in [1.807, 2.05) is 24.3 Å². The number of rotatable bonds is 5. The van der Waals surface area contributed by atoms with Crippen molar-refractivity contribution in [3.63, 3.8) is 0 Å². The molecule has 4 N–H and O–H groups in total. The van der Waals surface area contributed by atoms with Crippen LogP contribution < -0.4 is 16.0 Å². The largest absolute Gasteiger partial charge is 0.382 e. The van der Waals surface area contributed by atoms with Gasteiger partial charge in [0, 0.05) is 30.2 Å². The lowest BCUT2D eigenvalue weighted by molar-refractivity contribution is -0.119. The van der Waals surface area contributed by atoms with Gasteiger partial charge in [-0.25, -0.2) is 9.50 Å². The van der Waals surface area contributed by atoms with E-state index in [0.29, 0.717) is 28.5 Å². The van der Waals surface area contributed by atoms with E-state index in [0.717, 1.165) is 17.7 Å². The molecule has 1 atom stereocenters. The maximum atomic E-state index is 12.1. The van der Waals surface area contributed by atoms with Gasteiger partial charge in [0.1, 0.15) is 5.69 Å². The molecule has 0 saturated heterocycles. The summed E-state index contributed by atoms with van der Waals surface area (Å²) in [5.74, 6) is -0.402. The number of hydrogen-bond acceptors (Lipinski definition) is 6. The van der Waals surface area contributed by atoms with Crippen LogP contribution in [0.4, 0.5) is 5.69 Å². The zero-order valence-electron chi connectivity index (χ0n) is 14.2. The summed E-state index contributed by atoms with van der Waals surface area (Å²) < 4.78 is 1.61. The number of anilines is 1. The van der Waals surface area contributed by atoms with Crippen LogP contribution in [0.2, 0.25) is 5.02 Å². The Hall–Kier alpha value is -3.10. The minimum Gasteiger partial charge on any atom is -0.382 e. The fourth-order valence-corrected chi connectivity index (χ4v) is 2.96.